The standard InChI is InChI=1S/C19H22N4O3S/c1-22-15(10-12-21-22)16-7-3-4-13-23(16)27(24,25)18-9-8-17(26-2)14-6-5-11-20-19(14)18/h5-6,8-12,16H,3-4,7,13H2,1-2H3. The van der Waals surface area contributed by atoms with E-state index in [-0.39, 0.29) is 10.9 Å². The number of aryl methyl sites for hydroxylation is 1. The topological polar surface area (TPSA) is 77.3 Å². The van der Waals surface area contributed by atoms with Crippen molar-refractivity contribution in [2.75, 3.05) is 13.7 Å². The molecule has 1 aliphatic rings. The number of sulfonamides is 1. The van der Waals surface area contributed by atoms with Crippen molar-refractivity contribution < 1.29 is 13.2 Å². The van der Waals surface area contributed by atoms with Crippen LogP contribution in [0.4, 0.5) is 0 Å². The summed E-state index contributed by atoms with van der Waals surface area (Å²) in [5, 5.41) is 4.91. The number of aromatic nitrogens is 3. The molecule has 1 unspecified atom stereocenters. The fraction of sp³-hybridized carbons (Fsp3) is 0.368. The Hall–Kier alpha value is -2.45. The number of rotatable bonds is 4. The Morgan fingerprint density at radius 3 is 2.74 bits per heavy atom. The predicted molar refractivity (Wildman–Crippen MR) is 102 cm³/mol. The van der Waals surface area contributed by atoms with E-state index in [4.69, 9.17) is 4.74 Å². The molecule has 8 heteroatoms. The van der Waals surface area contributed by atoms with Crippen LogP contribution in [0.25, 0.3) is 10.9 Å². The van der Waals surface area contributed by atoms with Gasteiger partial charge in [0.05, 0.1) is 24.4 Å². The molecule has 0 spiro atoms. The Balaban J connectivity index is 1.85. The number of piperidine rings is 1. The maximum absolute atomic E-state index is 13.6. The van der Waals surface area contributed by atoms with Crippen LogP contribution in [0.15, 0.2) is 47.6 Å². The first kappa shape index (κ1) is 17.9. The van der Waals surface area contributed by atoms with Gasteiger partial charge in [-0.05, 0) is 43.2 Å². The second-order valence-corrected chi connectivity index (χ2v) is 8.53. The molecule has 0 N–H and O–H groups in total. The zero-order valence-electron chi connectivity index (χ0n) is 15.4. The second kappa shape index (κ2) is 6.94. The molecule has 2 aromatic heterocycles. The number of methoxy groups -OCH3 is 1. The number of benzene rings is 1. The molecular weight excluding hydrogens is 364 g/mol. The molecule has 1 aromatic carbocycles. The lowest BCUT2D eigenvalue weighted by molar-refractivity contribution is 0.246. The van der Waals surface area contributed by atoms with Crippen molar-refractivity contribution in [2.24, 2.45) is 7.05 Å². The smallest absolute Gasteiger partial charge is 0.245 e. The monoisotopic (exact) mass is 386 g/mol. The van der Waals surface area contributed by atoms with Gasteiger partial charge >= 0.3 is 0 Å². The van der Waals surface area contributed by atoms with Crippen LogP contribution in [0, 0.1) is 0 Å². The third-order valence-corrected chi connectivity index (χ3v) is 7.09. The molecule has 4 rings (SSSR count). The van der Waals surface area contributed by atoms with Gasteiger partial charge in [0, 0.05) is 31.4 Å². The lowest BCUT2D eigenvalue weighted by Gasteiger charge is -2.34. The minimum Gasteiger partial charge on any atom is -0.496 e. The summed E-state index contributed by atoms with van der Waals surface area (Å²) < 4.78 is 36.0. The molecule has 142 valence electrons. The summed E-state index contributed by atoms with van der Waals surface area (Å²) in [4.78, 5) is 4.57. The first-order valence-corrected chi connectivity index (χ1v) is 10.4. The van der Waals surface area contributed by atoms with Crippen molar-refractivity contribution in [3.8, 4) is 5.75 Å². The Morgan fingerprint density at radius 1 is 1.15 bits per heavy atom. The predicted octanol–water partition coefficient (Wildman–Crippen LogP) is 2.89. The molecule has 3 aromatic rings. The fourth-order valence-corrected chi connectivity index (χ4v) is 5.65. The molecule has 0 aliphatic carbocycles. The third kappa shape index (κ3) is 2.98. The highest BCUT2D eigenvalue weighted by Crippen LogP contribution is 2.38. The Kier molecular flexibility index (Phi) is 4.61. The van der Waals surface area contributed by atoms with Crippen LogP contribution in [0.3, 0.4) is 0 Å². The van der Waals surface area contributed by atoms with E-state index >= 15 is 0 Å². The summed E-state index contributed by atoms with van der Waals surface area (Å²) in [6, 6.07) is 8.56. The Morgan fingerprint density at radius 2 is 2.00 bits per heavy atom. The number of pyridine rings is 1. The highest BCUT2D eigenvalue weighted by Gasteiger charge is 2.37. The summed E-state index contributed by atoms with van der Waals surface area (Å²) in [6.45, 7) is 0.485. The molecule has 0 amide bonds. The van der Waals surface area contributed by atoms with Crippen LogP contribution < -0.4 is 4.74 Å². The van der Waals surface area contributed by atoms with Crippen LogP contribution in [0.5, 0.6) is 5.75 Å². The van der Waals surface area contributed by atoms with Crippen molar-refractivity contribution in [1.29, 1.82) is 0 Å². The van der Waals surface area contributed by atoms with E-state index in [1.807, 2.05) is 19.2 Å². The molecule has 0 radical (unpaired) electrons. The largest absolute Gasteiger partial charge is 0.496 e. The quantitative estimate of drug-likeness (QED) is 0.689. The van der Waals surface area contributed by atoms with E-state index in [0.717, 1.165) is 25.0 Å². The molecule has 0 saturated carbocycles. The number of hydrogen-bond donors (Lipinski definition) is 0. The van der Waals surface area contributed by atoms with Crippen LogP contribution in [0.2, 0.25) is 0 Å². The maximum atomic E-state index is 13.6. The van der Waals surface area contributed by atoms with E-state index in [2.05, 4.69) is 10.1 Å². The van der Waals surface area contributed by atoms with Crippen molar-refractivity contribution in [3.05, 3.63) is 48.4 Å². The van der Waals surface area contributed by atoms with E-state index in [1.54, 1.807) is 46.7 Å². The average Bonchev–Trinajstić information content (AvgIpc) is 3.12. The molecule has 7 nitrogen and oxygen atoms in total. The lowest BCUT2D eigenvalue weighted by Crippen LogP contribution is -2.39. The summed E-state index contributed by atoms with van der Waals surface area (Å²) in [5.74, 6) is 0.610. The van der Waals surface area contributed by atoms with Gasteiger partial charge in [-0.25, -0.2) is 8.42 Å². The molecule has 1 fully saturated rings. The lowest BCUT2D eigenvalue weighted by atomic mass is 10.0. The second-order valence-electron chi connectivity index (χ2n) is 6.67. The maximum Gasteiger partial charge on any atom is 0.245 e. The summed E-state index contributed by atoms with van der Waals surface area (Å²) >= 11 is 0. The zero-order chi connectivity index (χ0) is 19.0. The van der Waals surface area contributed by atoms with Crippen LogP contribution in [0.1, 0.15) is 31.0 Å². The van der Waals surface area contributed by atoms with Gasteiger partial charge in [-0.3, -0.25) is 9.67 Å². The van der Waals surface area contributed by atoms with Gasteiger partial charge in [0.15, 0.2) is 0 Å². The van der Waals surface area contributed by atoms with Crippen LogP contribution >= 0.6 is 0 Å². The van der Waals surface area contributed by atoms with E-state index in [0.29, 0.717) is 23.2 Å². The van der Waals surface area contributed by atoms with Crippen LogP contribution in [-0.4, -0.2) is 41.1 Å². The van der Waals surface area contributed by atoms with Gasteiger partial charge in [-0.1, -0.05) is 6.42 Å². The van der Waals surface area contributed by atoms with Gasteiger partial charge in [0.2, 0.25) is 10.0 Å². The number of ether oxygens (including phenoxy) is 1. The molecular formula is C19H22N4O3S. The highest BCUT2D eigenvalue weighted by molar-refractivity contribution is 7.89. The van der Waals surface area contributed by atoms with E-state index in [1.165, 1.54) is 0 Å². The summed E-state index contributed by atoms with van der Waals surface area (Å²) in [7, 11) is -0.317. The van der Waals surface area contributed by atoms with Crippen molar-refractivity contribution >= 4 is 20.9 Å². The highest BCUT2D eigenvalue weighted by atomic mass is 32.2. The first-order valence-electron chi connectivity index (χ1n) is 8.95. The number of nitrogens with zero attached hydrogens (tertiary/aromatic N) is 4. The SMILES string of the molecule is COc1ccc(S(=O)(=O)N2CCCCC2c2ccnn2C)c2ncccc12. The zero-order valence-corrected chi connectivity index (χ0v) is 16.2. The summed E-state index contributed by atoms with van der Waals surface area (Å²) in [6.07, 6.45) is 5.92. The average molecular weight is 386 g/mol. The minimum absolute atomic E-state index is 0.216. The minimum atomic E-state index is -3.73. The molecule has 0 bridgehead atoms. The van der Waals surface area contributed by atoms with Gasteiger partial charge in [0.1, 0.15) is 10.6 Å². The van der Waals surface area contributed by atoms with E-state index < -0.39 is 10.0 Å². The van der Waals surface area contributed by atoms with E-state index in [9.17, 15) is 8.42 Å². The first-order chi connectivity index (χ1) is 13.0. The normalized spacial score (nSPS) is 18.7. The van der Waals surface area contributed by atoms with Gasteiger partial charge in [0.25, 0.3) is 0 Å². The van der Waals surface area contributed by atoms with Crippen molar-refractivity contribution in [2.45, 2.75) is 30.2 Å². The van der Waals surface area contributed by atoms with Gasteiger partial charge < -0.3 is 4.74 Å². The Bertz CT molecular complexity index is 1080. The van der Waals surface area contributed by atoms with Gasteiger partial charge in [-0.2, -0.15) is 9.40 Å². The molecule has 1 saturated heterocycles. The van der Waals surface area contributed by atoms with Crippen LogP contribution in [-0.2, 0) is 17.1 Å². The Labute approximate surface area is 158 Å². The number of fused-ring (bicyclic) bond motifs is 1. The number of hydrogen-bond acceptors (Lipinski definition) is 5. The molecule has 27 heavy (non-hydrogen) atoms. The van der Waals surface area contributed by atoms with Crippen molar-refractivity contribution in [1.82, 2.24) is 19.1 Å². The van der Waals surface area contributed by atoms with Crippen molar-refractivity contribution in [3.63, 3.8) is 0 Å². The fourth-order valence-electron chi connectivity index (χ4n) is 3.83. The molecule has 3 heterocycles. The molecule has 1 aliphatic heterocycles. The van der Waals surface area contributed by atoms with Gasteiger partial charge in [-0.15, -0.1) is 0 Å². The summed E-state index contributed by atoms with van der Waals surface area (Å²) in [5.41, 5.74) is 1.34. The third-order valence-electron chi connectivity index (χ3n) is 5.15. The molecule has 1 atom stereocenters.